The van der Waals surface area contributed by atoms with Gasteiger partial charge >= 0.3 is 6.61 Å². The summed E-state index contributed by atoms with van der Waals surface area (Å²) in [5.41, 5.74) is 1.71. The molecule has 1 amide bonds. The first-order valence-corrected chi connectivity index (χ1v) is 9.69. The van der Waals surface area contributed by atoms with Gasteiger partial charge in [-0.05, 0) is 31.5 Å². The number of ether oxygens (including phenoxy) is 2. The highest BCUT2D eigenvalue weighted by molar-refractivity contribution is 5.98. The van der Waals surface area contributed by atoms with Gasteiger partial charge in [-0.15, -0.1) is 0 Å². The standard InChI is InChI=1S/C22H23F2N3O5/c1-12(14-7-9-15(10-8-14)21(29)30)25-19(28)18-13(2)26-27(3)20(18)31-16-5-4-6-17(11-16)32-22(23)24/h4-12,21-22,29-30H,1-3H3,(H,25,28). The van der Waals surface area contributed by atoms with Crippen LogP contribution in [0.25, 0.3) is 0 Å². The Kier molecular flexibility index (Phi) is 7.06. The van der Waals surface area contributed by atoms with Crippen molar-refractivity contribution in [2.75, 3.05) is 0 Å². The van der Waals surface area contributed by atoms with Gasteiger partial charge in [-0.25, -0.2) is 4.68 Å². The number of rotatable bonds is 8. The summed E-state index contributed by atoms with van der Waals surface area (Å²) in [7, 11) is 1.60. The summed E-state index contributed by atoms with van der Waals surface area (Å²) < 4.78 is 36.5. The van der Waals surface area contributed by atoms with Gasteiger partial charge in [0.1, 0.15) is 17.1 Å². The first-order valence-electron chi connectivity index (χ1n) is 9.69. The lowest BCUT2D eigenvalue weighted by Gasteiger charge is -2.16. The lowest BCUT2D eigenvalue weighted by Crippen LogP contribution is -2.27. The van der Waals surface area contributed by atoms with E-state index in [1.54, 1.807) is 51.2 Å². The molecule has 0 spiro atoms. The Morgan fingerprint density at radius 3 is 2.34 bits per heavy atom. The molecule has 0 bridgehead atoms. The fourth-order valence-electron chi connectivity index (χ4n) is 3.15. The molecule has 0 saturated carbocycles. The van der Waals surface area contributed by atoms with E-state index in [0.717, 1.165) is 5.56 Å². The second-order valence-corrected chi connectivity index (χ2v) is 7.08. The Bertz CT molecular complexity index is 1080. The Hall–Kier alpha value is -3.50. The maximum Gasteiger partial charge on any atom is 0.387 e. The minimum atomic E-state index is -2.97. The average molecular weight is 447 g/mol. The number of halogens is 2. The summed E-state index contributed by atoms with van der Waals surface area (Å²) in [6.07, 6.45) is -1.57. The molecule has 8 nitrogen and oxygen atoms in total. The molecule has 32 heavy (non-hydrogen) atoms. The molecule has 1 aromatic heterocycles. The highest BCUT2D eigenvalue weighted by atomic mass is 19.3. The maximum atomic E-state index is 13.0. The van der Waals surface area contributed by atoms with Crippen LogP contribution in [0, 0.1) is 6.92 Å². The highest BCUT2D eigenvalue weighted by Crippen LogP contribution is 2.30. The molecule has 1 heterocycles. The summed E-state index contributed by atoms with van der Waals surface area (Å²) in [5.74, 6) is -0.177. The molecule has 1 unspecified atom stereocenters. The smallest absolute Gasteiger partial charge is 0.387 e. The van der Waals surface area contributed by atoms with Crippen molar-refractivity contribution in [2.24, 2.45) is 7.05 Å². The van der Waals surface area contributed by atoms with E-state index in [0.29, 0.717) is 11.3 Å². The van der Waals surface area contributed by atoms with Gasteiger partial charge in [0.15, 0.2) is 6.29 Å². The number of amides is 1. The van der Waals surface area contributed by atoms with Gasteiger partial charge in [0.25, 0.3) is 5.91 Å². The van der Waals surface area contributed by atoms with Crippen LogP contribution in [0.15, 0.2) is 48.5 Å². The zero-order chi connectivity index (χ0) is 23.4. The Labute approximate surface area is 183 Å². The van der Waals surface area contributed by atoms with Crippen molar-refractivity contribution in [3.63, 3.8) is 0 Å². The molecular formula is C22H23F2N3O5. The maximum absolute atomic E-state index is 13.0. The SMILES string of the molecule is Cc1nn(C)c(Oc2cccc(OC(F)F)c2)c1C(=O)NC(C)c1ccc(C(O)O)cc1. The Balaban J connectivity index is 1.80. The van der Waals surface area contributed by atoms with Crippen molar-refractivity contribution < 1.29 is 33.3 Å². The molecule has 1 atom stereocenters. The van der Waals surface area contributed by atoms with Crippen LogP contribution in [0.4, 0.5) is 8.78 Å². The van der Waals surface area contributed by atoms with E-state index in [2.05, 4.69) is 15.2 Å². The number of aliphatic hydroxyl groups is 2. The van der Waals surface area contributed by atoms with Crippen molar-refractivity contribution in [1.29, 1.82) is 0 Å². The van der Waals surface area contributed by atoms with Crippen molar-refractivity contribution in [1.82, 2.24) is 15.1 Å². The lowest BCUT2D eigenvalue weighted by molar-refractivity contribution is -0.0499. The van der Waals surface area contributed by atoms with E-state index in [4.69, 9.17) is 4.74 Å². The van der Waals surface area contributed by atoms with Crippen molar-refractivity contribution >= 4 is 5.91 Å². The van der Waals surface area contributed by atoms with Gasteiger partial charge in [-0.3, -0.25) is 4.79 Å². The third kappa shape index (κ3) is 5.40. The Morgan fingerprint density at radius 2 is 1.72 bits per heavy atom. The van der Waals surface area contributed by atoms with Crippen molar-refractivity contribution in [3.8, 4) is 17.4 Å². The van der Waals surface area contributed by atoms with Crippen molar-refractivity contribution in [2.45, 2.75) is 32.8 Å². The number of carbonyl (C=O) groups excluding carboxylic acids is 1. The van der Waals surface area contributed by atoms with Crippen LogP contribution in [0.5, 0.6) is 17.4 Å². The molecule has 3 aromatic rings. The minimum absolute atomic E-state index is 0.0764. The summed E-state index contributed by atoms with van der Waals surface area (Å²) in [6, 6.07) is 11.8. The summed E-state index contributed by atoms with van der Waals surface area (Å²) in [5, 5.41) is 25.5. The van der Waals surface area contributed by atoms with Gasteiger partial charge < -0.3 is 25.0 Å². The normalized spacial score (nSPS) is 12.2. The fraction of sp³-hybridized carbons (Fsp3) is 0.273. The molecule has 0 fully saturated rings. The van der Waals surface area contributed by atoms with E-state index >= 15 is 0 Å². The van der Waals surface area contributed by atoms with Crippen LogP contribution in [-0.2, 0) is 7.05 Å². The number of nitrogens with one attached hydrogen (secondary N) is 1. The molecule has 0 aliphatic heterocycles. The first-order chi connectivity index (χ1) is 15.2. The van der Waals surface area contributed by atoms with Gasteiger partial charge in [0.05, 0.1) is 11.7 Å². The number of benzene rings is 2. The zero-order valence-electron chi connectivity index (χ0n) is 17.6. The summed E-state index contributed by atoms with van der Waals surface area (Å²) in [6.45, 7) is 0.460. The first kappa shape index (κ1) is 23.2. The molecule has 0 aliphatic carbocycles. The van der Waals surface area contributed by atoms with E-state index in [1.807, 2.05) is 0 Å². The molecule has 10 heteroatoms. The number of nitrogens with zero attached hydrogens (tertiary/aromatic N) is 2. The quantitative estimate of drug-likeness (QED) is 0.456. The van der Waals surface area contributed by atoms with Crippen LogP contribution in [0.2, 0.25) is 0 Å². The number of hydrogen-bond donors (Lipinski definition) is 3. The van der Waals surface area contributed by atoms with E-state index in [1.165, 1.54) is 22.9 Å². The van der Waals surface area contributed by atoms with E-state index in [9.17, 15) is 23.8 Å². The number of carbonyl (C=O) groups is 1. The van der Waals surface area contributed by atoms with Gasteiger partial charge in [0.2, 0.25) is 5.88 Å². The zero-order valence-corrected chi connectivity index (χ0v) is 17.6. The molecule has 2 aromatic carbocycles. The third-order valence-electron chi connectivity index (χ3n) is 4.72. The van der Waals surface area contributed by atoms with Gasteiger partial charge in [0, 0.05) is 18.7 Å². The van der Waals surface area contributed by atoms with Crippen LogP contribution in [-0.4, -0.2) is 32.5 Å². The van der Waals surface area contributed by atoms with Gasteiger partial charge in [-0.2, -0.15) is 13.9 Å². The molecule has 0 radical (unpaired) electrons. The molecular weight excluding hydrogens is 424 g/mol. The second kappa shape index (κ2) is 9.75. The van der Waals surface area contributed by atoms with E-state index < -0.39 is 24.9 Å². The molecule has 0 saturated heterocycles. The molecule has 170 valence electrons. The van der Waals surface area contributed by atoms with Gasteiger partial charge in [-0.1, -0.05) is 30.3 Å². The Morgan fingerprint density at radius 1 is 1.09 bits per heavy atom. The van der Waals surface area contributed by atoms with E-state index in [-0.39, 0.29) is 22.9 Å². The van der Waals surface area contributed by atoms with Crippen LogP contribution in [0.1, 0.15) is 46.4 Å². The summed E-state index contributed by atoms with van der Waals surface area (Å²) in [4.78, 5) is 13.0. The number of aryl methyl sites for hydroxylation is 2. The lowest BCUT2D eigenvalue weighted by atomic mass is 10.1. The number of hydrogen-bond acceptors (Lipinski definition) is 6. The van der Waals surface area contributed by atoms with Crippen LogP contribution >= 0.6 is 0 Å². The number of aliphatic hydroxyl groups excluding tert-OH is 1. The van der Waals surface area contributed by atoms with Crippen LogP contribution in [0.3, 0.4) is 0 Å². The minimum Gasteiger partial charge on any atom is -0.438 e. The predicted octanol–water partition coefficient (Wildman–Crippen LogP) is 3.60. The largest absolute Gasteiger partial charge is 0.438 e. The monoisotopic (exact) mass is 447 g/mol. The second-order valence-electron chi connectivity index (χ2n) is 7.08. The summed E-state index contributed by atoms with van der Waals surface area (Å²) >= 11 is 0. The third-order valence-corrected chi connectivity index (χ3v) is 4.72. The van der Waals surface area contributed by atoms with Crippen molar-refractivity contribution in [3.05, 3.63) is 70.9 Å². The highest BCUT2D eigenvalue weighted by Gasteiger charge is 2.24. The van der Waals surface area contributed by atoms with Crippen LogP contribution < -0.4 is 14.8 Å². The predicted molar refractivity (Wildman–Crippen MR) is 111 cm³/mol. The molecule has 3 rings (SSSR count). The fourth-order valence-corrected chi connectivity index (χ4v) is 3.15. The average Bonchev–Trinajstić information content (AvgIpc) is 3.00. The number of aromatic nitrogens is 2. The molecule has 3 N–H and O–H groups in total. The topological polar surface area (TPSA) is 106 Å². The molecule has 0 aliphatic rings. The number of alkyl halides is 2.